The Morgan fingerprint density at radius 2 is 2.23 bits per heavy atom. The summed E-state index contributed by atoms with van der Waals surface area (Å²) in [5.41, 5.74) is 0.972. The van der Waals surface area contributed by atoms with Crippen LogP contribution in [0.2, 0.25) is 0 Å². The summed E-state index contributed by atoms with van der Waals surface area (Å²) in [6, 6.07) is 4.41. The van der Waals surface area contributed by atoms with E-state index in [1.165, 1.54) is 4.70 Å². The molecule has 2 aromatic rings. The van der Waals surface area contributed by atoms with Crippen molar-refractivity contribution in [2.24, 2.45) is 0 Å². The standard InChI is InChI=1S/C9H11N3S/c1-6(2)10-9-5-8-7(11-12-9)3-4-13-8/h3-6H,1-2H3,(H,10,12). The largest absolute Gasteiger partial charge is 0.366 e. The molecule has 1 N–H and O–H groups in total. The van der Waals surface area contributed by atoms with E-state index in [0.29, 0.717) is 6.04 Å². The second-order valence-corrected chi connectivity index (χ2v) is 4.15. The molecular formula is C9H11N3S. The predicted octanol–water partition coefficient (Wildman–Crippen LogP) is 2.51. The van der Waals surface area contributed by atoms with Gasteiger partial charge in [0, 0.05) is 12.1 Å². The smallest absolute Gasteiger partial charge is 0.150 e. The molecule has 0 fully saturated rings. The van der Waals surface area contributed by atoms with Gasteiger partial charge in [-0.05, 0) is 25.3 Å². The van der Waals surface area contributed by atoms with Crippen LogP contribution in [0.5, 0.6) is 0 Å². The number of fused-ring (bicyclic) bond motifs is 1. The minimum Gasteiger partial charge on any atom is -0.366 e. The van der Waals surface area contributed by atoms with E-state index in [9.17, 15) is 0 Å². The summed E-state index contributed by atoms with van der Waals surface area (Å²) in [6.45, 7) is 4.17. The zero-order valence-electron chi connectivity index (χ0n) is 7.61. The first-order chi connectivity index (χ1) is 6.25. The summed E-state index contributed by atoms with van der Waals surface area (Å²) in [5.74, 6) is 0.852. The number of nitrogens with zero attached hydrogens (tertiary/aromatic N) is 2. The zero-order valence-corrected chi connectivity index (χ0v) is 8.43. The number of aromatic nitrogens is 2. The molecule has 0 radical (unpaired) electrons. The topological polar surface area (TPSA) is 37.8 Å². The summed E-state index contributed by atoms with van der Waals surface area (Å²) < 4.78 is 1.18. The molecule has 0 unspecified atom stereocenters. The normalized spacial score (nSPS) is 11.0. The molecule has 68 valence electrons. The average Bonchev–Trinajstić information content (AvgIpc) is 2.49. The molecule has 0 bridgehead atoms. The fourth-order valence-electron chi connectivity index (χ4n) is 1.13. The van der Waals surface area contributed by atoms with Crippen LogP contribution >= 0.6 is 11.3 Å². The lowest BCUT2D eigenvalue weighted by Gasteiger charge is -2.06. The van der Waals surface area contributed by atoms with E-state index < -0.39 is 0 Å². The molecule has 2 heterocycles. The van der Waals surface area contributed by atoms with Gasteiger partial charge in [-0.3, -0.25) is 0 Å². The molecule has 2 rings (SSSR count). The van der Waals surface area contributed by atoms with Gasteiger partial charge in [-0.2, -0.15) is 0 Å². The minimum atomic E-state index is 0.395. The molecule has 0 amide bonds. The van der Waals surface area contributed by atoms with Crippen molar-refractivity contribution in [2.45, 2.75) is 19.9 Å². The number of rotatable bonds is 2. The number of anilines is 1. The third-order valence-electron chi connectivity index (χ3n) is 1.64. The van der Waals surface area contributed by atoms with Crippen molar-refractivity contribution in [3.8, 4) is 0 Å². The summed E-state index contributed by atoms with van der Waals surface area (Å²) in [4.78, 5) is 0. The summed E-state index contributed by atoms with van der Waals surface area (Å²) in [5, 5.41) is 13.4. The van der Waals surface area contributed by atoms with Crippen molar-refractivity contribution < 1.29 is 0 Å². The Hall–Kier alpha value is -1.16. The first kappa shape index (κ1) is 8.44. The molecule has 4 heteroatoms. The zero-order chi connectivity index (χ0) is 9.26. The van der Waals surface area contributed by atoms with Gasteiger partial charge in [-0.1, -0.05) is 0 Å². The maximum absolute atomic E-state index is 4.09. The van der Waals surface area contributed by atoms with Crippen LogP contribution in [-0.2, 0) is 0 Å². The van der Waals surface area contributed by atoms with Gasteiger partial charge >= 0.3 is 0 Å². The molecule has 0 aliphatic carbocycles. The highest BCUT2D eigenvalue weighted by atomic mass is 32.1. The Labute approximate surface area is 80.8 Å². The first-order valence-electron chi connectivity index (χ1n) is 4.23. The van der Waals surface area contributed by atoms with Crippen molar-refractivity contribution in [3.63, 3.8) is 0 Å². The molecule has 13 heavy (non-hydrogen) atoms. The summed E-state index contributed by atoms with van der Waals surface area (Å²) in [6.07, 6.45) is 0. The molecule has 0 saturated carbocycles. The SMILES string of the molecule is CC(C)Nc1cc2sccc2nn1. The Morgan fingerprint density at radius 1 is 1.38 bits per heavy atom. The lowest BCUT2D eigenvalue weighted by Crippen LogP contribution is -2.11. The number of hydrogen-bond acceptors (Lipinski definition) is 4. The summed E-state index contributed by atoms with van der Waals surface area (Å²) in [7, 11) is 0. The Balaban J connectivity index is 2.37. The van der Waals surface area contributed by atoms with Crippen molar-refractivity contribution in [1.29, 1.82) is 0 Å². The second-order valence-electron chi connectivity index (χ2n) is 3.20. The third-order valence-corrected chi connectivity index (χ3v) is 2.50. The first-order valence-corrected chi connectivity index (χ1v) is 5.11. The summed E-state index contributed by atoms with van der Waals surface area (Å²) >= 11 is 1.69. The Kier molecular flexibility index (Phi) is 2.14. The van der Waals surface area contributed by atoms with Gasteiger partial charge < -0.3 is 5.32 Å². The van der Waals surface area contributed by atoms with Gasteiger partial charge in [-0.15, -0.1) is 21.5 Å². The van der Waals surface area contributed by atoms with Crippen LogP contribution in [0.1, 0.15) is 13.8 Å². The predicted molar refractivity (Wildman–Crippen MR) is 56.2 cm³/mol. The number of thiophene rings is 1. The van der Waals surface area contributed by atoms with Gasteiger partial charge in [0.25, 0.3) is 0 Å². The monoisotopic (exact) mass is 193 g/mol. The maximum atomic E-state index is 4.09. The van der Waals surface area contributed by atoms with Crippen LogP contribution in [-0.4, -0.2) is 16.2 Å². The van der Waals surface area contributed by atoms with E-state index in [4.69, 9.17) is 0 Å². The van der Waals surface area contributed by atoms with Crippen LogP contribution in [0, 0.1) is 0 Å². The van der Waals surface area contributed by atoms with E-state index in [1.54, 1.807) is 11.3 Å². The van der Waals surface area contributed by atoms with Gasteiger partial charge in [0.2, 0.25) is 0 Å². The molecule has 0 atom stereocenters. The van der Waals surface area contributed by atoms with E-state index in [1.807, 2.05) is 17.5 Å². The molecule has 0 aromatic carbocycles. The molecule has 3 nitrogen and oxygen atoms in total. The number of hydrogen-bond donors (Lipinski definition) is 1. The maximum Gasteiger partial charge on any atom is 0.150 e. The second kappa shape index (κ2) is 3.30. The Bertz CT molecular complexity index is 408. The van der Waals surface area contributed by atoms with E-state index >= 15 is 0 Å². The van der Waals surface area contributed by atoms with Gasteiger partial charge in [0.05, 0.1) is 4.70 Å². The van der Waals surface area contributed by atoms with Crippen LogP contribution in [0.4, 0.5) is 5.82 Å². The highest BCUT2D eigenvalue weighted by Crippen LogP contribution is 2.20. The molecule has 0 aliphatic rings. The molecule has 0 spiro atoms. The van der Waals surface area contributed by atoms with Crippen molar-refractivity contribution in [3.05, 3.63) is 17.5 Å². The average molecular weight is 193 g/mol. The van der Waals surface area contributed by atoms with Gasteiger partial charge in [0.15, 0.2) is 0 Å². The number of nitrogens with one attached hydrogen (secondary N) is 1. The Morgan fingerprint density at radius 3 is 3.00 bits per heavy atom. The van der Waals surface area contributed by atoms with Crippen LogP contribution in [0.25, 0.3) is 10.2 Å². The van der Waals surface area contributed by atoms with Crippen molar-refractivity contribution in [2.75, 3.05) is 5.32 Å². The lowest BCUT2D eigenvalue weighted by molar-refractivity contribution is 0.879. The molecule has 2 aromatic heterocycles. The van der Waals surface area contributed by atoms with Crippen molar-refractivity contribution >= 4 is 27.4 Å². The fraction of sp³-hybridized carbons (Fsp3) is 0.333. The van der Waals surface area contributed by atoms with Crippen molar-refractivity contribution in [1.82, 2.24) is 10.2 Å². The third kappa shape index (κ3) is 1.78. The van der Waals surface area contributed by atoms with Crippen LogP contribution < -0.4 is 5.32 Å². The highest BCUT2D eigenvalue weighted by molar-refractivity contribution is 7.17. The lowest BCUT2D eigenvalue weighted by atomic mass is 10.4. The van der Waals surface area contributed by atoms with Crippen LogP contribution in [0.15, 0.2) is 17.5 Å². The molecule has 0 saturated heterocycles. The van der Waals surface area contributed by atoms with Crippen LogP contribution in [0.3, 0.4) is 0 Å². The van der Waals surface area contributed by atoms with E-state index in [0.717, 1.165) is 11.3 Å². The minimum absolute atomic E-state index is 0.395. The molecule has 0 aliphatic heterocycles. The fourth-order valence-corrected chi connectivity index (χ4v) is 1.88. The highest BCUT2D eigenvalue weighted by Gasteiger charge is 2.00. The van der Waals surface area contributed by atoms with E-state index in [2.05, 4.69) is 29.4 Å². The van der Waals surface area contributed by atoms with Gasteiger partial charge in [0.1, 0.15) is 11.3 Å². The molecular weight excluding hydrogens is 182 g/mol. The van der Waals surface area contributed by atoms with E-state index in [-0.39, 0.29) is 0 Å². The quantitative estimate of drug-likeness (QED) is 0.796. The van der Waals surface area contributed by atoms with Gasteiger partial charge in [-0.25, -0.2) is 0 Å².